The number of hydrogen-bond donors (Lipinski definition) is 1. The average Bonchev–Trinajstić information content (AvgIpc) is 2.91. The molecule has 2 atom stereocenters. The van der Waals surface area contributed by atoms with Crippen LogP contribution < -0.4 is 9.62 Å². The highest BCUT2D eigenvalue weighted by Gasteiger charge is 2.33. The molecule has 0 saturated heterocycles. The van der Waals surface area contributed by atoms with Crippen LogP contribution in [0.2, 0.25) is 15.1 Å². The Bertz CT molecular complexity index is 1400. The number of halogens is 3. The van der Waals surface area contributed by atoms with E-state index in [1.54, 1.807) is 55.5 Å². The van der Waals surface area contributed by atoms with Gasteiger partial charge in [-0.3, -0.25) is 13.9 Å². The molecule has 2 amide bonds. The van der Waals surface area contributed by atoms with Crippen LogP contribution in [0, 0.1) is 0 Å². The lowest BCUT2D eigenvalue weighted by molar-refractivity contribution is -0.139. The SMILES string of the molecule is CC[C@H](C)NC(=O)[C@@H](C)N(Cc1ccc(Cl)cc1Cl)C(=O)CN(c1ccccc1)S(=O)(=O)c1ccc(Cl)cc1. The lowest BCUT2D eigenvalue weighted by Gasteiger charge is -2.32. The molecule has 0 aliphatic heterocycles. The van der Waals surface area contributed by atoms with Gasteiger partial charge in [0.2, 0.25) is 11.8 Å². The molecule has 208 valence electrons. The number of carbonyl (C=O) groups excluding carboxylic acids is 2. The summed E-state index contributed by atoms with van der Waals surface area (Å²) in [7, 11) is -4.17. The topological polar surface area (TPSA) is 86.8 Å². The van der Waals surface area contributed by atoms with Gasteiger partial charge in [-0.1, -0.05) is 66.0 Å². The molecule has 0 aliphatic carbocycles. The number of hydrogen-bond acceptors (Lipinski definition) is 4. The second kappa shape index (κ2) is 13.5. The van der Waals surface area contributed by atoms with Crippen molar-refractivity contribution >= 4 is 62.3 Å². The van der Waals surface area contributed by atoms with Gasteiger partial charge in [0.15, 0.2) is 0 Å². The third-order valence-electron chi connectivity index (χ3n) is 6.25. The van der Waals surface area contributed by atoms with Crippen molar-refractivity contribution in [3.05, 3.63) is 93.4 Å². The molecule has 0 radical (unpaired) electrons. The molecule has 0 spiro atoms. The maximum Gasteiger partial charge on any atom is 0.264 e. The maximum atomic E-state index is 13.9. The number of rotatable bonds is 11. The molecular formula is C28H30Cl3N3O4S. The Labute approximate surface area is 244 Å². The number of nitrogens with zero attached hydrogens (tertiary/aromatic N) is 2. The van der Waals surface area contributed by atoms with Gasteiger partial charge in [-0.2, -0.15) is 0 Å². The number of benzene rings is 3. The number of carbonyl (C=O) groups is 2. The van der Waals surface area contributed by atoms with Crippen LogP contribution in [0.25, 0.3) is 0 Å². The van der Waals surface area contributed by atoms with Crippen molar-refractivity contribution in [2.24, 2.45) is 0 Å². The van der Waals surface area contributed by atoms with Crippen molar-refractivity contribution in [1.82, 2.24) is 10.2 Å². The van der Waals surface area contributed by atoms with E-state index < -0.39 is 28.5 Å². The largest absolute Gasteiger partial charge is 0.352 e. The van der Waals surface area contributed by atoms with Gasteiger partial charge in [0, 0.05) is 27.7 Å². The molecule has 3 aromatic carbocycles. The summed E-state index contributed by atoms with van der Waals surface area (Å²) in [6.45, 7) is 4.81. The first kappa shape index (κ1) is 30.8. The number of para-hydroxylation sites is 1. The molecule has 0 saturated carbocycles. The molecule has 0 unspecified atom stereocenters. The zero-order valence-corrected chi connectivity index (χ0v) is 24.9. The highest BCUT2D eigenvalue weighted by atomic mass is 35.5. The van der Waals surface area contributed by atoms with Crippen molar-refractivity contribution in [2.45, 2.75) is 50.7 Å². The molecule has 3 aromatic rings. The Balaban J connectivity index is 2.02. The number of nitrogens with one attached hydrogen (secondary N) is 1. The first-order valence-corrected chi connectivity index (χ1v) is 14.9. The van der Waals surface area contributed by atoms with E-state index in [-0.39, 0.29) is 23.4 Å². The summed E-state index contributed by atoms with van der Waals surface area (Å²) in [5.41, 5.74) is 0.853. The molecule has 3 rings (SSSR count). The first-order chi connectivity index (χ1) is 18.4. The predicted octanol–water partition coefficient (Wildman–Crippen LogP) is 6.17. The van der Waals surface area contributed by atoms with E-state index in [4.69, 9.17) is 34.8 Å². The van der Waals surface area contributed by atoms with Gasteiger partial charge in [0.1, 0.15) is 12.6 Å². The molecule has 0 bridgehead atoms. The van der Waals surface area contributed by atoms with Crippen LogP contribution in [0.5, 0.6) is 0 Å². The highest BCUT2D eigenvalue weighted by Crippen LogP contribution is 2.27. The van der Waals surface area contributed by atoms with Gasteiger partial charge < -0.3 is 10.2 Å². The second-order valence-corrected chi connectivity index (χ2v) is 12.2. The molecule has 0 aromatic heterocycles. The third-order valence-corrected chi connectivity index (χ3v) is 8.88. The van der Waals surface area contributed by atoms with Crippen molar-refractivity contribution in [2.75, 3.05) is 10.8 Å². The Kier molecular flexibility index (Phi) is 10.7. The van der Waals surface area contributed by atoms with Crippen molar-refractivity contribution in [3.8, 4) is 0 Å². The van der Waals surface area contributed by atoms with Crippen LogP contribution in [0.1, 0.15) is 32.8 Å². The monoisotopic (exact) mass is 609 g/mol. The summed E-state index contributed by atoms with van der Waals surface area (Å²) in [6.07, 6.45) is 0.705. The quantitative estimate of drug-likeness (QED) is 0.281. The van der Waals surface area contributed by atoms with Crippen molar-refractivity contribution < 1.29 is 18.0 Å². The molecule has 1 N–H and O–H groups in total. The van der Waals surface area contributed by atoms with E-state index in [1.807, 2.05) is 13.8 Å². The molecule has 11 heteroatoms. The van der Waals surface area contributed by atoms with Crippen LogP contribution in [0.3, 0.4) is 0 Å². The van der Waals surface area contributed by atoms with Gasteiger partial charge in [-0.05, 0) is 74.4 Å². The van der Waals surface area contributed by atoms with Crippen LogP contribution >= 0.6 is 34.8 Å². The number of amides is 2. The minimum Gasteiger partial charge on any atom is -0.352 e. The average molecular weight is 611 g/mol. The third kappa shape index (κ3) is 7.88. The van der Waals surface area contributed by atoms with E-state index in [1.165, 1.54) is 29.2 Å². The molecule has 0 heterocycles. The Morgan fingerprint density at radius 3 is 2.10 bits per heavy atom. The Hall–Kier alpha value is -2.78. The van der Waals surface area contributed by atoms with E-state index >= 15 is 0 Å². The fraction of sp³-hybridized carbons (Fsp3) is 0.286. The van der Waals surface area contributed by atoms with Gasteiger partial charge in [0.25, 0.3) is 10.0 Å². The summed E-state index contributed by atoms with van der Waals surface area (Å²) in [6, 6.07) is 17.8. The fourth-order valence-electron chi connectivity index (χ4n) is 3.74. The number of sulfonamides is 1. The van der Waals surface area contributed by atoms with Gasteiger partial charge in [-0.15, -0.1) is 0 Å². The smallest absolute Gasteiger partial charge is 0.264 e. The Morgan fingerprint density at radius 1 is 0.897 bits per heavy atom. The lowest BCUT2D eigenvalue weighted by atomic mass is 10.1. The zero-order valence-electron chi connectivity index (χ0n) is 21.8. The van der Waals surface area contributed by atoms with Crippen LogP contribution in [0.15, 0.2) is 77.7 Å². The van der Waals surface area contributed by atoms with E-state index in [0.717, 1.165) is 4.31 Å². The molecular weight excluding hydrogens is 581 g/mol. The second-order valence-electron chi connectivity index (χ2n) is 9.05. The standard InChI is InChI=1S/C28H30Cl3N3O4S/c1-4-19(2)32-28(36)20(3)33(17-21-10-11-23(30)16-26(21)31)27(35)18-34(24-8-6-5-7-9-24)39(37,38)25-14-12-22(29)13-15-25/h5-16,19-20H,4,17-18H2,1-3H3,(H,32,36)/t19-,20+/m0/s1. The number of anilines is 1. The van der Waals surface area contributed by atoms with Gasteiger partial charge in [0.05, 0.1) is 10.6 Å². The van der Waals surface area contributed by atoms with Crippen LogP contribution in [-0.4, -0.2) is 43.8 Å². The Morgan fingerprint density at radius 2 is 1.51 bits per heavy atom. The van der Waals surface area contributed by atoms with E-state index in [9.17, 15) is 18.0 Å². The zero-order chi connectivity index (χ0) is 28.7. The first-order valence-electron chi connectivity index (χ1n) is 12.3. The maximum absolute atomic E-state index is 13.9. The molecule has 0 fully saturated rings. The fourth-order valence-corrected chi connectivity index (χ4v) is 5.75. The molecule has 7 nitrogen and oxygen atoms in total. The van der Waals surface area contributed by atoms with E-state index in [0.29, 0.717) is 32.7 Å². The summed E-state index contributed by atoms with van der Waals surface area (Å²) in [4.78, 5) is 28.3. The van der Waals surface area contributed by atoms with Crippen molar-refractivity contribution in [3.63, 3.8) is 0 Å². The van der Waals surface area contributed by atoms with E-state index in [2.05, 4.69) is 5.32 Å². The van der Waals surface area contributed by atoms with Crippen LogP contribution in [-0.2, 0) is 26.2 Å². The van der Waals surface area contributed by atoms with Crippen LogP contribution in [0.4, 0.5) is 5.69 Å². The summed E-state index contributed by atoms with van der Waals surface area (Å²) in [5.74, 6) is -0.955. The van der Waals surface area contributed by atoms with Gasteiger partial charge >= 0.3 is 0 Å². The van der Waals surface area contributed by atoms with Crippen molar-refractivity contribution in [1.29, 1.82) is 0 Å². The summed E-state index contributed by atoms with van der Waals surface area (Å²) < 4.78 is 28.5. The minimum atomic E-state index is -4.17. The lowest BCUT2D eigenvalue weighted by Crippen LogP contribution is -2.52. The molecule has 39 heavy (non-hydrogen) atoms. The minimum absolute atomic E-state index is 0.0292. The normalized spacial score (nSPS) is 12.9. The predicted molar refractivity (Wildman–Crippen MR) is 157 cm³/mol. The highest BCUT2D eigenvalue weighted by molar-refractivity contribution is 7.92. The summed E-state index contributed by atoms with van der Waals surface area (Å²) >= 11 is 18.4. The summed E-state index contributed by atoms with van der Waals surface area (Å²) in [5, 5.41) is 4.01. The van der Waals surface area contributed by atoms with Gasteiger partial charge in [-0.25, -0.2) is 8.42 Å². The molecule has 0 aliphatic rings.